The number of thioether (sulfide) groups is 1. The zero-order chi connectivity index (χ0) is 24.4. The Morgan fingerprint density at radius 2 is 1.82 bits per heavy atom. The molecule has 0 aliphatic carbocycles. The average Bonchev–Trinajstić information content (AvgIpc) is 2.84. The maximum absolute atomic E-state index is 13.4. The van der Waals surface area contributed by atoms with Crippen molar-refractivity contribution >= 4 is 51.5 Å². The van der Waals surface area contributed by atoms with Crippen LogP contribution < -0.4 is 10.5 Å². The third kappa shape index (κ3) is 4.52. The molecule has 0 saturated heterocycles. The van der Waals surface area contributed by atoms with Crippen LogP contribution in [0.4, 0.5) is 11.4 Å². The predicted octanol–water partition coefficient (Wildman–Crippen LogP) is 5.01. The van der Waals surface area contributed by atoms with Gasteiger partial charge in [-0.15, -0.1) is 0 Å². The van der Waals surface area contributed by atoms with E-state index in [1.807, 2.05) is 6.92 Å². The molecule has 0 saturated carbocycles. The third-order valence-corrected chi connectivity index (χ3v) is 6.70. The van der Waals surface area contributed by atoms with Crippen molar-refractivity contribution in [3.05, 3.63) is 97.8 Å². The summed E-state index contributed by atoms with van der Waals surface area (Å²) in [6.07, 6.45) is 0. The molecule has 0 spiro atoms. The van der Waals surface area contributed by atoms with Gasteiger partial charge in [0.2, 0.25) is 5.91 Å². The second kappa shape index (κ2) is 9.66. The van der Waals surface area contributed by atoms with Gasteiger partial charge in [0.25, 0.3) is 11.2 Å². The zero-order valence-corrected chi connectivity index (χ0v) is 19.8. The fraction of sp³-hybridized carbons (Fsp3) is 0.125. The first-order chi connectivity index (χ1) is 16.3. The van der Waals surface area contributed by atoms with E-state index in [-0.39, 0.29) is 22.9 Å². The quantitative estimate of drug-likeness (QED) is 0.162. The highest BCUT2D eigenvalue weighted by atomic mass is 35.5. The van der Waals surface area contributed by atoms with Crippen LogP contribution in [0, 0.1) is 17.0 Å². The second-order valence-corrected chi connectivity index (χ2v) is 8.80. The summed E-state index contributed by atoms with van der Waals surface area (Å²) in [5, 5.41) is 12.2. The second-order valence-electron chi connectivity index (χ2n) is 7.45. The number of carbonyl (C=O) groups is 1. The van der Waals surface area contributed by atoms with E-state index < -0.39 is 4.92 Å². The third-order valence-electron chi connectivity index (χ3n) is 5.37. The predicted molar refractivity (Wildman–Crippen MR) is 134 cm³/mol. The monoisotopic (exact) mass is 494 g/mol. The Kier molecular flexibility index (Phi) is 6.67. The summed E-state index contributed by atoms with van der Waals surface area (Å²) in [5.41, 5.74) is 2.05. The summed E-state index contributed by atoms with van der Waals surface area (Å²) in [5.74, 6) is -0.256. The van der Waals surface area contributed by atoms with E-state index in [0.717, 1.165) is 17.3 Å². The van der Waals surface area contributed by atoms with Crippen LogP contribution in [0.1, 0.15) is 5.56 Å². The number of hydrogen-bond donors (Lipinski definition) is 0. The SMILES string of the molecule is Cc1c(Cl)cccc1-n1c(SCC(=O)N(C)c2ccc([N+](=O)[O-])cc2)nc2ccccc2c1=O. The lowest BCUT2D eigenvalue weighted by molar-refractivity contribution is -0.384. The summed E-state index contributed by atoms with van der Waals surface area (Å²) < 4.78 is 1.48. The number of para-hydroxylation sites is 1. The molecule has 3 aromatic carbocycles. The van der Waals surface area contributed by atoms with Crippen LogP contribution in [-0.4, -0.2) is 33.2 Å². The molecule has 1 amide bonds. The average molecular weight is 495 g/mol. The molecular formula is C24H19ClN4O4S. The molecule has 1 aromatic heterocycles. The molecule has 10 heteroatoms. The molecule has 34 heavy (non-hydrogen) atoms. The minimum absolute atomic E-state index is 0.00210. The molecule has 172 valence electrons. The molecule has 0 bridgehead atoms. The molecule has 0 atom stereocenters. The highest BCUT2D eigenvalue weighted by Gasteiger charge is 2.19. The maximum atomic E-state index is 13.4. The maximum Gasteiger partial charge on any atom is 0.269 e. The lowest BCUT2D eigenvalue weighted by atomic mass is 10.2. The fourth-order valence-electron chi connectivity index (χ4n) is 3.42. The number of nitro groups is 1. The van der Waals surface area contributed by atoms with Crippen LogP contribution in [0.5, 0.6) is 0 Å². The largest absolute Gasteiger partial charge is 0.315 e. The van der Waals surface area contributed by atoms with Crippen LogP contribution >= 0.6 is 23.4 Å². The number of aromatic nitrogens is 2. The number of nitro benzene ring substituents is 1. The summed E-state index contributed by atoms with van der Waals surface area (Å²) in [6, 6.07) is 18.0. The highest BCUT2D eigenvalue weighted by molar-refractivity contribution is 7.99. The Morgan fingerprint density at radius 3 is 2.53 bits per heavy atom. The number of anilines is 1. The minimum Gasteiger partial charge on any atom is -0.315 e. The summed E-state index contributed by atoms with van der Waals surface area (Å²) in [4.78, 5) is 42.7. The molecule has 0 aliphatic heterocycles. The topological polar surface area (TPSA) is 98.3 Å². The van der Waals surface area contributed by atoms with Gasteiger partial charge >= 0.3 is 0 Å². The van der Waals surface area contributed by atoms with E-state index in [2.05, 4.69) is 4.98 Å². The van der Waals surface area contributed by atoms with Crippen molar-refractivity contribution in [3.8, 4) is 5.69 Å². The Labute approximate surface area is 203 Å². The number of benzene rings is 3. The molecule has 0 N–H and O–H groups in total. The van der Waals surface area contributed by atoms with Gasteiger partial charge in [-0.2, -0.15) is 0 Å². The Morgan fingerprint density at radius 1 is 1.12 bits per heavy atom. The van der Waals surface area contributed by atoms with Crippen LogP contribution in [0.2, 0.25) is 5.02 Å². The van der Waals surface area contributed by atoms with Gasteiger partial charge in [0, 0.05) is 29.9 Å². The van der Waals surface area contributed by atoms with Crippen molar-refractivity contribution in [2.24, 2.45) is 0 Å². The number of fused-ring (bicyclic) bond motifs is 1. The van der Waals surface area contributed by atoms with Crippen molar-refractivity contribution in [1.29, 1.82) is 0 Å². The first-order valence-corrected chi connectivity index (χ1v) is 11.6. The van der Waals surface area contributed by atoms with E-state index in [1.165, 1.54) is 33.7 Å². The van der Waals surface area contributed by atoms with Crippen molar-refractivity contribution in [1.82, 2.24) is 9.55 Å². The molecular weight excluding hydrogens is 476 g/mol. The molecule has 4 rings (SSSR count). The van der Waals surface area contributed by atoms with Gasteiger partial charge in [-0.1, -0.05) is 41.6 Å². The van der Waals surface area contributed by atoms with Crippen molar-refractivity contribution in [2.75, 3.05) is 17.7 Å². The Hall–Kier alpha value is -3.69. The van der Waals surface area contributed by atoms with Gasteiger partial charge in [-0.05, 0) is 48.9 Å². The standard InChI is InChI=1S/C24H19ClN4O4S/c1-15-19(25)7-5-9-21(15)28-23(31)18-6-3-4-8-20(18)26-24(28)34-14-22(30)27(2)16-10-12-17(13-11-16)29(32)33/h3-13H,14H2,1-2H3. The molecule has 0 unspecified atom stereocenters. The van der Waals surface area contributed by atoms with Gasteiger partial charge in [-0.3, -0.25) is 24.3 Å². The number of non-ortho nitro benzene ring substituents is 1. The Bertz CT molecular complexity index is 1470. The number of carbonyl (C=O) groups excluding carboxylic acids is 1. The molecule has 1 heterocycles. The molecule has 8 nitrogen and oxygen atoms in total. The lowest BCUT2D eigenvalue weighted by Crippen LogP contribution is -2.29. The van der Waals surface area contributed by atoms with Gasteiger partial charge in [0.15, 0.2) is 5.16 Å². The van der Waals surface area contributed by atoms with E-state index in [0.29, 0.717) is 32.5 Å². The van der Waals surface area contributed by atoms with E-state index in [4.69, 9.17) is 11.6 Å². The number of amides is 1. The van der Waals surface area contributed by atoms with Crippen molar-refractivity contribution in [2.45, 2.75) is 12.1 Å². The minimum atomic E-state index is -0.496. The Balaban J connectivity index is 1.68. The van der Waals surface area contributed by atoms with Crippen LogP contribution in [0.25, 0.3) is 16.6 Å². The van der Waals surface area contributed by atoms with Crippen LogP contribution in [-0.2, 0) is 4.79 Å². The molecule has 0 aliphatic rings. The highest BCUT2D eigenvalue weighted by Crippen LogP contribution is 2.27. The number of nitrogens with zero attached hydrogens (tertiary/aromatic N) is 4. The van der Waals surface area contributed by atoms with Gasteiger partial charge in [0.05, 0.1) is 27.3 Å². The van der Waals surface area contributed by atoms with Gasteiger partial charge in [-0.25, -0.2) is 4.98 Å². The smallest absolute Gasteiger partial charge is 0.269 e. The molecule has 4 aromatic rings. The molecule has 0 fully saturated rings. The first kappa shape index (κ1) is 23.5. The van der Waals surface area contributed by atoms with Crippen molar-refractivity contribution < 1.29 is 9.72 Å². The zero-order valence-electron chi connectivity index (χ0n) is 18.3. The summed E-state index contributed by atoms with van der Waals surface area (Å²) in [6.45, 7) is 1.82. The summed E-state index contributed by atoms with van der Waals surface area (Å²) >= 11 is 7.44. The van der Waals surface area contributed by atoms with Crippen LogP contribution in [0.3, 0.4) is 0 Å². The molecule has 0 radical (unpaired) electrons. The number of halogens is 1. The van der Waals surface area contributed by atoms with E-state index >= 15 is 0 Å². The normalized spacial score (nSPS) is 10.9. The van der Waals surface area contributed by atoms with E-state index in [1.54, 1.807) is 49.5 Å². The van der Waals surface area contributed by atoms with Gasteiger partial charge in [0.1, 0.15) is 0 Å². The number of hydrogen-bond acceptors (Lipinski definition) is 6. The van der Waals surface area contributed by atoms with Crippen molar-refractivity contribution in [3.63, 3.8) is 0 Å². The van der Waals surface area contributed by atoms with Gasteiger partial charge < -0.3 is 4.90 Å². The summed E-state index contributed by atoms with van der Waals surface area (Å²) in [7, 11) is 1.59. The van der Waals surface area contributed by atoms with E-state index in [9.17, 15) is 19.7 Å². The first-order valence-electron chi connectivity index (χ1n) is 10.2. The fourth-order valence-corrected chi connectivity index (χ4v) is 4.51. The lowest BCUT2D eigenvalue weighted by Gasteiger charge is -2.18. The van der Waals surface area contributed by atoms with Crippen LogP contribution in [0.15, 0.2) is 76.7 Å². The number of rotatable bonds is 6.